The highest BCUT2D eigenvalue weighted by Crippen LogP contribution is 2.21. The fourth-order valence-electron chi connectivity index (χ4n) is 3.42. The molecule has 0 unspecified atom stereocenters. The molecule has 1 N–H and O–H groups in total. The van der Waals surface area contributed by atoms with Crippen molar-refractivity contribution in [1.29, 1.82) is 0 Å². The highest BCUT2D eigenvalue weighted by Gasteiger charge is 2.33. The molecule has 0 spiro atoms. The van der Waals surface area contributed by atoms with Gasteiger partial charge in [-0.15, -0.1) is 5.10 Å². The van der Waals surface area contributed by atoms with E-state index in [1.165, 1.54) is 5.56 Å². The largest absolute Gasteiger partial charge is 0.337 e. The van der Waals surface area contributed by atoms with Gasteiger partial charge in [-0.25, -0.2) is 9.48 Å². The Labute approximate surface area is 158 Å². The average Bonchev–Trinajstić information content (AvgIpc) is 3.32. The van der Waals surface area contributed by atoms with Crippen LogP contribution in [-0.4, -0.2) is 62.9 Å². The van der Waals surface area contributed by atoms with Crippen LogP contribution in [0.5, 0.6) is 0 Å². The van der Waals surface area contributed by atoms with Gasteiger partial charge in [0, 0.05) is 32.7 Å². The molecule has 27 heavy (non-hydrogen) atoms. The van der Waals surface area contributed by atoms with Gasteiger partial charge < -0.3 is 15.1 Å². The minimum atomic E-state index is -0.0830. The number of carbonyl (C=O) groups is 2. The number of urea groups is 1. The molecule has 0 bridgehead atoms. The molecule has 0 radical (unpaired) electrons. The van der Waals surface area contributed by atoms with E-state index in [1.807, 2.05) is 36.1 Å². The number of amides is 3. The number of rotatable bonds is 4. The van der Waals surface area contributed by atoms with E-state index in [0.29, 0.717) is 25.3 Å². The smallest absolute Gasteiger partial charge is 0.317 e. The molecule has 142 valence electrons. The molecule has 8 heteroatoms. The molecule has 2 fully saturated rings. The van der Waals surface area contributed by atoms with E-state index in [9.17, 15) is 9.59 Å². The van der Waals surface area contributed by atoms with Crippen LogP contribution in [0.15, 0.2) is 30.5 Å². The van der Waals surface area contributed by atoms with Gasteiger partial charge in [0.2, 0.25) is 0 Å². The Balaban J connectivity index is 1.26. The number of carbonyl (C=O) groups excluding carboxylic acids is 2. The van der Waals surface area contributed by atoms with Crippen molar-refractivity contribution in [3.63, 3.8) is 0 Å². The number of aryl methyl sites for hydroxylation is 1. The minimum Gasteiger partial charge on any atom is -0.337 e. The molecule has 3 amide bonds. The summed E-state index contributed by atoms with van der Waals surface area (Å²) in [6.07, 6.45) is 3.80. The molecule has 2 aromatic rings. The standard InChI is InChI=1S/C19H24N6O2/c1-14-4-6-15(7-5-14)10-20-19(27)24-11-16(12-24)25-13-17(21-22-25)18(26)23-8-2-3-9-23/h4-7,13,16H,2-3,8-12H2,1H3,(H,20,27). The van der Waals surface area contributed by atoms with E-state index in [0.717, 1.165) is 31.5 Å². The van der Waals surface area contributed by atoms with Crippen LogP contribution in [0.25, 0.3) is 0 Å². The molecule has 1 aromatic heterocycles. The van der Waals surface area contributed by atoms with Crippen LogP contribution in [0.3, 0.4) is 0 Å². The van der Waals surface area contributed by atoms with Gasteiger partial charge in [0.15, 0.2) is 5.69 Å². The first-order valence-corrected chi connectivity index (χ1v) is 9.39. The van der Waals surface area contributed by atoms with Gasteiger partial charge in [-0.3, -0.25) is 4.79 Å². The molecule has 0 saturated carbocycles. The van der Waals surface area contributed by atoms with Crippen LogP contribution in [0.4, 0.5) is 4.79 Å². The molecule has 2 aliphatic rings. The van der Waals surface area contributed by atoms with Gasteiger partial charge in [-0.2, -0.15) is 0 Å². The van der Waals surface area contributed by atoms with E-state index < -0.39 is 0 Å². The SMILES string of the molecule is Cc1ccc(CNC(=O)N2CC(n3cc(C(=O)N4CCCC4)nn3)C2)cc1. The molecule has 0 atom stereocenters. The lowest BCUT2D eigenvalue weighted by atomic mass is 10.1. The van der Waals surface area contributed by atoms with Crippen LogP contribution in [0, 0.1) is 6.92 Å². The van der Waals surface area contributed by atoms with Crippen LogP contribution in [0.1, 0.15) is 40.5 Å². The van der Waals surface area contributed by atoms with E-state index in [2.05, 4.69) is 15.6 Å². The number of nitrogens with one attached hydrogen (secondary N) is 1. The molecule has 3 heterocycles. The summed E-state index contributed by atoms with van der Waals surface area (Å²) in [4.78, 5) is 28.1. The summed E-state index contributed by atoms with van der Waals surface area (Å²) in [5.74, 6) is -0.0502. The first kappa shape index (κ1) is 17.5. The zero-order valence-corrected chi connectivity index (χ0v) is 15.5. The zero-order chi connectivity index (χ0) is 18.8. The van der Waals surface area contributed by atoms with Gasteiger partial charge in [-0.05, 0) is 25.3 Å². The normalized spacial score (nSPS) is 17.1. The van der Waals surface area contributed by atoms with Gasteiger partial charge in [0.05, 0.1) is 12.2 Å². The molecule has 4 rings (SSSR count). The second-order valence-electron chi connectivity index (χ2n) is 7.29. The van der Waals surface area contributed by atoms with E-state index in [-0.39, 0.29) is 18.0 Å². The second-order valence-corrected chi connectivity index (χ2v) is 7.29. The summed E-state index contributed by atoms with van der Waals surface area (Å²) in [5.41, 5.74) is 2.66. The first-order valence-electron chi connectivity index (χ1n) is 9.39. The van der Waals surface area contributed by atoms with Gasteiger partial charge >= 0.3 is 6.03 Å². The lowest BCUT2D eigenvalue weighted by Gasteiger charge is -2.38. The quantitative estimate of drug-likeness (QED) is 0.888. The van der Waals surface area contributed by atoms with Crippen LogP contribution >= 0.6 is 0 Å². The Kier molecular flexibility index (Phi) is 4.79. The van der Waals surface area contributed by atoms with Gasteiger partial charge in [0.25, 0.3) is 5.91 Å². The Morgan fingerprint density at radius 2 is 1.81 bits per heavy atom. The number of hydrogen-bond donors (Lipinski definition) is 1. The van der Waals surface area contributed by atoms with Crippen LogP contribution < -0.4 is 5.32 Å². The maximum absolute atomic E-state index is 12.3. The number of aromatic nitrogens is 3. The number of likely N-dealkylation sites (tertiary alicyclic amines) is 2. The highest BCUT2D eigenvalue weighted by molar-refractivity contribution is 5.92. The monoisotopic (exact) mass is 368 g/mol. The number of nitrogens with zero attached hydrogens (tertiary/aromatic N) is 5. The lowest BCUT2D eigenvalue weighted by molar-refractivity contribution is 0.0786. The maximum atomic E-state index is 12.3. The third-order valence-corrected chi connectivity index (χ3v) is 5.21. The van der Waals surface area contributed by atoms with E-state index in [4.69, 9.17) is 0 Å². The summed E-state index contributed by atoms with van der Waals surface area (Å²) in [6.45, 7) is 5.28. The van der Waals surface area contributed by atoms with Gasteiger partial charge in [0.1, 0.15) is 0 Å². The lowest BCUT2D eigenvalue weighted by Crippen LogP contribution is -2.54. The van der Waals surface area contributed by atoms with Crippen molar-refractivity contribution in [3.05, 3.63) is 47.3 Å². The molecule has 1 aromatic carbocycles. The van der Waals surface area contributed by atoms with Crippen molar-refractivity contribution < 1.29 is 9.59 Å². The third-order valence-electron chi connectivity index (χ3n) is 5.21. The summed E-state index contributed by atoms with van der Waals surface area (Å²) < 4.78 is 1.70. The maximum Gasteiger partial charge on any atom is 0.317 e. The molecular formula is C19H24N6O2. The Morgan fingerprint density at radius 1 is 1.11 bits per heavy atom. The third kappa shape index (κ3) is 3.79. The van der Waals surface area contributed by atoms with Crippen molar-refractivity contribution >= 4 is 11.9 Å². The summed E-state index contributed by atoms with van der Waals surface area (Å²) in [6, 6.07) is 8.09. The van der Waals surface area contributed by atoms with Crippen LogP contribution in [0.2, 0.25) is 0 Å². The number of benzene rings is 1. The summed E-state index contributed by atoms with van der Waals surface area (Å²) in [5, 5.41) is 11.0. The van der Waals surface area contributed by atoms with E-state index >= 15 is 0 Å². The first-order chi connectivity index (χ1) is 13.1. The topological polar surface area (TPSA) is 83.4 Å². The van der Waals surface area contributed by atoms with Crippen molar-refractivity contribution in [3.8, 4) is 0 Å². The summed E-state index contributed by atoms with van der Waals surface area (Å²) in [7, 11) is 0. The highest BCUT2D eigenvalue weighted by atomic mass is 16.2. The van der Waals surface area contributed by atoms with Gasteiger partial charge in [-0.1, -0.05) is 35.0 Å². The van der Waals surface area contributed by atoms with Crippen molar-refractivity contribution in [2.45, 2.75) is 32.4 Å². The minimum absolute atomic E-state index is 0.0502. The molecule has 2 saturated heterocycles. The Hall–Kier alpha value is -2.90. The molecule has 8 nitrogen and oxygen atoms in total. The zero-order valence-electron chi connectivity index (χ0n) is 15.5. The van der Waals surface area contributed by atoms with Crippen molar-refractivity contribution in [2.24, 2.45) is 0 Å². The summed E-state index contributed by atoms with van der Waals surface area (Å²) >= 11 is 0. The average molecular weight is 368 g/mol. The van der Waals surface area contributed by atoms with Crippen LogP contribution in [-0.2, 0) is 6.54 Å². The van der Waals surface area contributed by atoms with Crippen molar-refractivity contribution in [2.75, 3.05) is 26.2 Å². The Bertz CT molecular complexity index is 819. The second kappa shape index (κ2) is 7.38. The predicted octanol–water partition coefficient (Wildman–Crippen LogP) is 1.59. The van der Waals surface area contributed by atoms with Crippen molar-refractivity contribution in [1.82, 2.24) is 30.1 Å². The predicted molar refractivity (Wildman–Crippen MR) is 99.2 cm³/mol. The number of hydrogen-bond acceptors (Lipinski definition) is 4. The fourth-order valence-corrected chi connectivity index (χ4v) is 3.42. The molecule has 0 aliphatic carbocycles. The molecule has 2 aliphatic heterocycles. The van der Waals surface area contributed by atoms with E-state index in [1.54, 1.807) is 15.8 Å². The fraction of sp³-hybridized carbons (Fsp3) is 0.474. The molecular weight excluding hydrogens is 344 g/mol. The Morgan fingerprint density at radius 3 is 2.52 bits per heavy atom.